The van der Waals surface area contributed by atoms with Crippen molar-refractivity contribution >= 4 is 17.8 Å². The van der Waals surface area contributed by atoms with E-state index in [1.807, 2.05) is 0 Å². The van der Waals surface area contributed by atoms with E-state index in [-0.39, 0.29) is 24.4 Å². The van der Waals surface area contributed by atoms with Crippen LogP contribution in [0.3, 0.4) is 0 Å². The van der Waals surface area contributed by atoms with E-state index in [4.69, 9.17) is 9.52 Å². The molecule has 0 aromatic carbocycles. The largest absolute Gasteiger partial charge is 0.434 e. The molecule has 25 heavy (non-hydrogen) atoms. The number of esters is 1. The minimum Gasteiger partial charge on any atom is -0.434 e. The molecule has 1 aliphatic heterocycles. The normalized spacial score (nSPS) is 13.4. The van der Waals surface area contributed by atoms with Gasteiger partial charge in [-0.1, -0.05) is 25.8 Å². The molecule has 2 heterocycles. The van der Waals surface area contributed by atoms with Crippen LogP contribution in [0.2, 0.25) is 0 Å². The van der Waals surface area contributed by atoms with Crippen LogP contribution in [0.4, 0.5) is 0 Å². The molecule has 1 fully saturated rings. The maximum Gasteiger partial charge on any atom is 0.337 e. The minimum atomic E-state index is -0.519. The summed E-state index contributed by atoms with van der Waals surface area (Å²) in [6, 6.07) is 3.17. The number of hydrogen-bond donors (Lipinski definition) is 1. The predicted molar refractivity (Wildman–Crippen MR) is 90.7 cm³/mol. The Bertz CT molecular complexity index is 536. The first-order valence-corrected chi connectivity index (χ1v) is 8.40. The first kappa shape index (κ1) is 20.6. The fourth-order valence-electron chi connectivity index (χ4n) is 2.25. The quantitative estimate of drug-likeness (QED) is 0.318. The Labute approximate surface area is 147 Å². The van der Waals surface area contributed by atoms with E-state index in [1.54, 1.807) is 12.1 Å². The van der Waals surface area contributed by atoms with Crippen LogP contribution in [0.15, 0.2) is 35.5 Å². The van der Waals surface area contributed by atoms with Crippen LogP contribution in [0.1, 0.15) is 44.9 Å². The fraction of sp³-hybridized carbons (Fsp3) is 0.500. The van der Waals surface area contributed by atoms with Crippen LogP contribution in [-0.4, -0.2) is 40.9 Å². The maximum atomic E-state index is 11.2. The number of nitrogens with zero attached hydrogens (tertiary/aromatic N) is 1. The molecule has 0 unspecified atom stereocenters. The van der Waals surface area contributed by atoms with Gasteiger partial charge < -0.3 is 14.3 Å². The summed E-state index contributed by atoms with van der Waals surface area (Å²) in [6.45, 7) is 4.06. The zero-order chi connectivity index (χ0) is 18.5. The van der Waals surface area contributed by atoms with E-state index in [0.29, 0.717) is 19.4 Å². The van der Waals surface area contributed by atoms with E-state index < -0.39 is 5.97 Å². The van der Waals surface area contributed by atoms with Gasteiger partial charge in [0.05, 0.1) is 6.26 Å². The van der Waals surface area contributed by atoms with Gasteiger partial charge >= 0.3 is 5.97 Å². The van der Waals surface area contributed by atoms with E-state index in [2.05, 4.69) is 11.3 Å². The lowest BCUT2D eigenvalue weighted by atomic mass is 10.1. The number of unbranched alkanes of at least 4 members (excludes halogenated alkanes) is 4. The summed E-state index contributed by atoms with van der Waals surface area (Å²) < 4.78 is 9.30. The molecule has 138 valence electrons. The molecule has 0 spiro atoms. The molecule has 1 aromatic rings. The molecular formula is C18H25NO6. The van der Waals surface area contributed by atoms with Crippen molar-refractivity contribution in [3.63, 3.8) is 0 Å². The van der Waals surface area contributed by atoms with Gasteiger partial charge in [0.2, 0.25) is 11.8 Å². The molecule has 0 bridgehead atoms. The highest BCUT2D eigenvalue weighted by molar-refractivity contribution is 6.01. The van der Waals surface area contributed by atoms with Crippen molar-refractivity contribution in [1.29, 1.82) is 0 Å². The zero-order valence-electron chi connectivity index (χ0n) is 14.3. The molecule has 7 nitrogen and oxygen atoms in total. The summed E-state index contributed by atoms with van der Waals surface area (Å²) in [7, 11) is 0. The molecule has 0 saturated carbocycles. The minimum absolute atomic E-state index is 0.0182. The summed E-state index contributed by atoms with van der Waals surface area (Å²) in [5.41, 5.74) is 0. The van der Waals surface area contributed by atoms with E-state index >= 15 is 0 Å². The van der Waals surface area contributed by atoms with Gasteiger partial charge in [0, 0.05) is 38.1 Å². The molecule has 7 heteroatoms. The molecule has 0 atom stereocenters. The van der Waals surface area contributed by atoms with E-state index in [1.165, 1.54) is 11.2 Å². The van der Waals surface area contributed by atoms with Gasteiger partial charge in [0.25, 0.3) is 5.95 Å². The Morgan fingerprint density at radius 1 is 1.20 bits per heavy atom. The second-order valence-corrected chi connectivity index (χ2v) is 5.49. The number of amides is 2. The topological polar surface area (TPSA) is 97.0 Å². The smallest absolute Gasteiger partial charge is 0.337 e. The van der Waals surface area contributed by atoms with Crippen molar-refractivity contribution in [3.8, 4) is 5.95 Å². The van der Waals surface area contributed by atoms with Gasteiger partial charge in [-0.05, 0) is 18.9 Å². The Morgan fingerprint density at radius 2 is 1.84 bits per heavy atom. The first-order chi connectivity index (χ1) is 12.1. The third-order valence-electron chi connectivity index (χ3n) is 3.56. The molecule has 1 N–H and O–H groups in total. The summed E-state index contributed by atoms with van der Waals surface area (Å²) in [6.07, 6.45) is 8.14. The summed E-state index contributed by atoms with van der Waals surface area (Å²) in [5.74, 6) is -0.370. The SMILES string of the molecule is C=CC(=O)Oc1ccco1.O=C1CCC(=O)N1CCCCCCCO. The number of likely N-dealkylation sites (tertiary alicyclic amines) is 1. The highest BCUT2D eigenvalue weighted by Gasteiger charge is 2.27. The van der Waals surface area contributed by atoms with Crippen molar-refractivity contribution in [3.05, 3.63) is 31.1 Å². The summed E-state index contributed by atoms with van der Waals surface area (Å²) in [4.78, 5) is 34.3. The monoisotopic (exact) mass is 351 g/mol. The molecular weight excluding hydrogens is 326 g/mol. The second-order valence-electron chi connectivity index (χ2n) is 5.49. The first-order valence-electron chi connectivity index (χ1n) is 8.40. The van der Waals surface area contributed by atoms with Crippen molar-refractivity contribution < 1.29 is 28.6 Å². The zero-order valence-corrected chi connectivity index (χ0v) is 14.3. The standard InChI is InChI=1S/C11H19NO3.C7H6O3/c13-9-5-3-1-2-4-8-12-10(14)6-7-11(12)15;1-2-6(8)10-7-4-3-5-9-7/h13H,1-9H2;2-5H,1H2. The average Bonchev–Trinajstić information content (AvgIpc) is 3.22. The average molecular weight is 351 g/mol. The van der Waals surface area contributed by atoms with Crippen LogP contribution < -0.4 is 4.74 Å². The van der Waals surface area contributed by atoms with Crippen LogP contribution in [-0.2, 0) is 14.4 Å². The molecule has 2 amide bonds. The maximum absolute atomic E-state index is 11.2. The number of imide groups is 1. The van der Waals surface area contributed by atoms with Gasteiger partial charge in [0.15, 0.2) is 0 Å². The number of furan rings is 1. The van der Waals surface area contributed by atoms with Gasteiger partial charge in [0.1, 0.15) is 0 Å². The number of hydrogen-bond acceptors (Lipinski definition) is 6. The molecule has 1 saturated heterocycles. The molecule has 1 aromatic heterocycles. The fourth-order valence-corrected chi connectivity index (χ4v) is 2.25. The van der Waals surface area contributed by atoms with E-state index in [0.717, 1.165) is 38.2 Å². The molecule has 0 aliphatic carbocycles. The summed E-state index contributed by atoms with van der Waals surface area (Å²) >= 11 is 0. The van der Waals surface area contributed by atoms with Crippen molar-refractivity contribution in [2.75, 3.05) is 13.2 Å². The van der Waals surface area contributed by atoms with E-state index in [9.17, 15) is 14.4 Å². The summed E-state index contributed by atoms with van der Waals surface area (Å²) in [5, 5.41) is 8.57. The lowest BCUT2D eigenvalue weighted by molar-refractivity contribution is -0.138. The molecule has 1 aliphatic rings. The van der Waals surface area contributed by atoms with Gasteiger partial charge in [-0.2, -0.15) is 0 Å². The Kier molecular flexibility index (Phi) is 9.92. The third-order valence-corrected chi connectivity index (χ3v) is 3.56. The number of aliphatic hydroxyl groups is 1. The lowest BCUT2D eigenvalue weighted by Crippen LogP contribution is -2.29. The number of carbonyl (C=O) groups is 3. The Hall–Kier alpha value is -2.41. The van der Waals surface area contributed by atoms with Crippen molar-refractivity contribution in [2.24, 2.45) is 0 Å². The highest BCUT2D eigenvalue weighted by Crippen LogP contribution is 2.13. The van der Waals surface area contributed by atoms with Crippen LogP contribution in [0.25, 0.3) is 0 Å². The van der Waals surface area contributed by atoms with Crippen LogP contribution in [0, 0.1) is 0 Å². The lowest BCUT2D eigenvalue weighted by Gasteiger charge is -2.12. The van der Waals surface area contributed by atoms with Crippen molar-refractivity contribution in [2.45, 2.75) is 44.9 Å². The Balaban J connectivity index is 0.000000271. The Morgan fingerprint density at radius 3 is 2.40 bits per heavy atom. The van der Waals surface area contributed by atoms with Gasteiger partial charge in [-0.3, -0.25) is 14.5 Å². The second kappa shape index (κ2) is 12.0. The molecule has 0 radical (unpaired) electrons. The number of carbonyl (C=O) groups excluding carboxylic acids is 3. The third kappa shape index (κ3) is 8.30. The van der Waals surface area contributed by atoms with Crippen LogP contribution in [0.5, 0.6) is 5.95 Å². The van der Waals surface area contributed by atoms with Crippen molar-refractivity contribution in [1.82, 2.24) is 4.90 Å². The predicted octanol–water partition coefficient (Wildman–Crippen LogP) is 2.45. The van der Waals surface area contributed by atoms with Gasteiger partial charge in [-0.25, -0.2) is 4.79 Å². The molecule has 2 rings (SSSR count). The van der Waals surface area contributed by atoms with Gasteiger partial charge in [-0.15, -0.1) is 0 Å². The van der Waals surface area contributed by atoms with Crippen LogP contribution >= 0.6 is 0 Å². The highest BCUT2D eigenvalue weighted by atomic mass is 16.6. The number of ether oxygens (including phenoxy) is 1. The number of rotatable bonds is 9. The number of aliphatic hydroxyl groups excluding tert-OH is 1.